The van der Waals surface area contributed by atoms with E-state index in [1.54, 1.807) is 4.90 Å². The SMILES string of the molecule is CCC1NC(=O)CN(CCOC(C)(C)C)C1=O. The lowest BCUT2D eigenvalue weighted by Crippen LogP contribution is -2.58. The number of nitrogens with zero attached hydrogens (tertiary/aromatic N) is 1. The molecule has 1 heterocycles. The van der Waals surface area contributed by atoms with E-state index < -0.39 is 0 Å². The van der Waals surface area contributed by atoms with Gasteiger partial charge < -0.3 is 15.0 Å². The Kier molecular flexibility index (Phi) is 4.51. The van der Waals surface area contributed by atoms with Gasteiger partial charge in [-0.25, -0.2) is 0 Å². The number of rotatable bonds is 4. The highest BCUT2D eigenvalue weighted by Gasteiger charge is 2.31. The first kappa shape index (κ1) is 14.0. The molecular weight excluding hydrogens is 220 g/mol. The molecule has 0 saturated carbocycles. The molecule has 5 nitrogen and oxygen atoms in total. The summed E-state index contributed by atoms with van der Waals surface area (Å²) in [5.41, 5.74) is -0.217. The van der Waals surface area contributed by atoms with Gasteiger partial charge in [0.2, 0.25) is 11.8 Å². The third-order valence-electron chi connectivity index (χ3n) is 2.58. The molecular formula is C12H22N2O3. The molecule has 0 spiro atoms. The smallest absolute Gasteiger partial charge is 0.245 e. The Morgan fingerprint density at radius 2 is 2.06 bits per heavy atom. The first-order chi connectivity index (χ1) is 7.83. The van der Waals surface area contributed by atoms with Crippen LogP contribution in [0.5, 0.6) is 0 Å². The van der Waals surface area contributed by atoms with E-state index in [0.717, 1.165) is 0 Å². The van der Waals surface area contributed by atoms with Crippen molar-refractivity contribution >= 4 is 11.8 Å². The van der Waals surface area contributed by atoms with Crippen molar-refractivity contribution in [3.05, 3.63) is 0 Å². The maximum atomic E-state index is 11.9. The number of hydrogen-bond acceptors (Lipinski definition) is 3. The molecule has 0 radical (unpaired) electrons. The molecule has 0 aromatic heterocycles. The molecule has 1 aliphatic heterocycles. The van der Waals surface area contributed by atoms with Crippen molar-refractivity contribution in [3.63, 3.8) is 0 Å². The minimum atomic E-state index is -0.370. The van der Waals surface area contributed by atoms with Crippen molar-refractivity contribution in [2.24, 2.45) is 0 Å². The lowest BCUT2D eigenvalue weighted by molar-refractivity contribution is -0.145. The van der Waals surface area contributed by atoms with Crippen molar-refractivity contribution < 1.29 is 14.3 Å². The van der Waals surface area contributed by atoms with Crippen LogP contribution < -0.4 is 5.32 Å². The summed E-state index contributed by atoms with van der Waals surface area (Å²) in [4.78, 5) is 24.9. The van der Waals surface area contributed by atoms with E-state index in [1.807, 2.05) is 27.7 Å². The third-order valence-corrected chi connectivity index (χ3v) is 2.58. The maximum absolute atomic E-state index is 11.9. The van der Waals surface area contributed by atoms with Crippen LogP contribution in [0, 0.1) is 0 Å². The molecule has 17 heavy (non-hydrogen) atoms. The van der Waals surface area contributed by atoms with Crippen LogP contribution in [0.3, 0.4) is 0 Å². The highest BCUT2D eigenvalue weighted by Crippen LogP contribution is 2.09. The summed E-state index contributed by atoms with van der Waals surface area (Å²) in [5, 5.41) is 2.68. The van der Waals surface area contributed by atoms with Gasteiger partial charge in [0.05, 0.1) is 18.8 Å². The zero-order valence-corrected chi connectivity index (χ0v) is 11.1. The minimum absolute atomic E-state index is 0.00962. The molecule has 98 valence electrons. The molecule has 0 bridgehead atoms. The zero-order valence-electron chi connectivity index (χ0n) is 11.1. The first-order valence-electron chi connectivity index (χ1n) is 6.05. The summed E-state index contributed by atoms with van der Waals surface area (Å²) < 4.78 is 5.56. The Morgan fingerprint density at radius 1 is 1.41 bits per heavy atom. The molecule has 1 atom stereocenters. The van der Waals surface area contributed by atoms with Crippen molar-refractivity contribution in [1.82, 2.24) is 10.2 Å². The predicted molar refractivity (Wildman–Crippen MR) is 64.5 cm³/mol. The molecule has 1 aliphatic rings. The molecule has 1 unspecified atom stereocenters. The average Bonchev–Trinajstić information content (AvgIpc) is 2.20. The second-order valence-corrected chi connectivity index (χ2v) is 5.25. The fourth-order valence-corrected chi connectivity index (χ4v) is 1.70. The second kappa shape index (κ2) is 5.49. The summed E-state index contributed by atoms with van der Waals surface area (Å²) >= 11 is 0. The number of amides is 2. The van der Waals surface area contributed by atoms with E-state index in [-0.39, 0.29) is 30.0 Å². The Morgan fingerprint density at radius 3 is 2.59 bits per heavy atom. The summed E-state index contributed by atoms with van der Waals surface area (Å²) in [6.07, 6.45) is 0.626. The van der Waals surface area contributed by atoms with Gasteiger partial charge >= 0.3 is 0 Å². The number of ether oxygens (including phenoxy) is 1. The topological polar surface area (TPSA) is 58.6 Å². The van der Waals surface area contributed by atoms with Crippen molar-refractivity contribution in [2.45, 2.75) is 45.8 Å². The van der Waals surface area contributed by atoms with Crippen molar-refractivity contribution in [2.75, 3.05) is 19.7 Å². The van der Waals surface area contributed by atoms with Crippen LogP contribution in [0.1, 0.15) is 34.1 Å². The largest absolute Gasteiger partial charge is 0.374 e. The fourth-order valence-electron chi connectivity index (χ4n) is 1.70. The molecule has 2 amide bonds. The standard InChI is InChI=1S/C12H22N2O3/c1-5-9-11(16)14(8-10(15)13-9)6-7-17-12(2,3)4/h9H,5-8H2,1-4H3,(H,13,15). The van der Waals surface area contributed by atoms with Crippen LogP contribution in [-0.2, 0) is 14.3 Å². The number of piperazine rings is 1. The lowest BCUT2D eigenvalue weighted by atomic mass is 10.1. The van der Waals surface area contributed by atoms with Gasteiger partial charge in [-0.15, -0.1) is 0 Å². The van der Waals surface area contributed by atoms with Gasteiger partial charge in [-0.05, 0) is 27.2 Å². The highest BCUT2D eigenvalue weighted by molar-refractivity contribution is 5.94. The van der Waals surface area contributed by atoms with Gasteiger partial charge in [0.25, 0.3) is 0 Å². The van der Waals surface area contributed by atoms with E-state index in [4.69, 9.17) is 4.74 Å². The normalized spacial score (nSPS) is 21.6. The van der Waals surface area contributed by atoms with Crippen LogP contribution in [-0.4, -0.2) is 48.1 Å². The van der Waals surface area contributed by atoms with Crippen LogP contribution in [0.4, 0.5) is 0 Å². The number of hydrogen-bond donors (Lipinski definition) is 1. The van der Waals surface area contributed by atoms with Crippen LogP contribution in [0.2, 0.25) is 0 Å². The predicted octanol–water partition coefficient (Wildman–Crippen LogP) is 0.538. The Labute approximate surface area is 102 Å². The molecule has 0 aromatic rings. The number of nitrogens with one attached hydrogen (secondary N) is 1. The first-order valence-corrected chi connectivity index (χ1v) is 6.05. The van der Waals surface area contributed by atoms with Crippen LogP contribution in [0.25, 0.3) is 0 Å². The lowest BCUT2D eigenvalue weighted by Gasteiger charge is -2.32. The van der Waals surface area contributed by atoms with E-state index in [1.165, 1.54) is 0 Å². The number of carbonyl (C=O) groups is 2. The zero-order chi connectivity index (χ0) is 13.1. The Bertz CT molecular complexity index is 297. The van der Waals surface area contributed by atoms with Crippen molar-refractivity contribution in [1.29, 1.82) is 0 Å². The van der Waals surface area contributed by atoms with E-state index in [9.17, 15) is 9.59 Å². The molecule has 0 aliphatic carbocycles. The summed E-state index contributed by atoms with van der Waals surface area (Å²) in [7, 11) is 0. The van der Waals surface area contributed by atoms with Gasteiger partial charge in [-0.3, -0.25) is 9.59 Å². The van der Waals surface area contributed by atoms with Crippen molar-refractivity contribution in [3.8, 4) is 0 Å². The van der Waals surface area contributed by atoms with Gasteiger partial charge in [0.1, 0.15) is 6.04 Å². The number of carbonyl (C=O) groups excluding carboxylic acids is 2. The van der Waals surface area contributed by atoms with Crippen LogP contribution >= 0.6 is 0 Å². The Hall–Kier alpha value is -1.10. The van der Waals surface area contributed by atoms with Crippen LogP contribution in [0.15, 0.2) is 0 Å². The second-order valence-electron chi connectivity index (χ2n) is 5.25. The average molecular weight is 242 g/mol. The molecule has 0 aromatic carbocycles. The molecule has 5 heteroatoms. The van der Waals surface area contributed by atoms with Gasteiger partial charge in [-0.2, -0.15) is 0 Å². The van der Waals surface area contributed by atoms with E-state index in [0.29, 0.717) is 19.6 Å². The van der Waals surface area contributed by atoms with E-state index in [2.05, 4.69) is 5.32 Å². The van der Waals surface area contributed by atoms with E-state index >= 15 is 0 Å². The molecule has 1 saturated heterocycles. The molecule has 1 N–H and O–H groups in total. The third kappa shape index (κ3) is 4.34. The summed E-state index contributed by atoms with van der Waals surface area (Å²) in [5.74, 6) is -0.100. The Balaban J connectivity index is 2.46. The summed E-state index contributed by atoms with van der Waals surface area (Å²) in [6.45, 7) is 8.85. The molecule has 1 rings (SSSR count). The minimum Gasteiger partial charge on any atom is -0.374 e. The van der Waals surface area contributed by atoms with Gasteiger partial charge in [-0.1, -0.05) is 6.92 Å². The highest BCUT2D eigenvalue weighted by atomic mass is 16.5. The quantitative estimate of drug-likeness (QED) is 0.782. The maximum Gasteiger partial charge on any atom is 0.245 e. The van der Waals surface area contributed by atoms with Gasteiger partial charge in [0.15, 0.2) is 0 Å². The summed E-state index contributed by atoms with van der Waals surface area (Å²) in [6, 6.07) is -0.370. The monoisotopic (exact) mass is 242 g/mol. The van der Waals surface area contributed by atoms with Gasteiger partial charge in [0, 0.05) is 6.54 Å². The molecule has 1 fully saturated rings. The fraction of sp³-hybridized carbons (Fsp3) is 0.833.